The molecule has 1 aliphatic carbocycles. The number of carboxylic acid groups (broad SMARTS) is 1. The number of carboxylic acids is 1. The van der Waals surface area contributed by atoms with Gasteiger partial charge in [-0.15, -0.1) is 0 Å². The number of hydrogen-bond acceptors (Lipinski definition) is 3. The van der Waals surface area contributed by atoms with Crippen LogP contribution in [-0.4, -0.2) is 11.1 Å². The van der Waals surface area contributed by atoms with Crippen molar-refractivity contribution in [3.8, 4) is 17.6 Å². The number of carbonyl (C=O) groups is 1. The number of nitriles is 1. The van der Waals surface area contributed by atoms with Crippen LogP contribution in [0.3, 0.4) is 0 Å². The Morgan fingerprint density at radius 3 is 2.40 bits per heavy atom. The number of hydrogen-bond donors (Lipinski definition) is 1. The highest BCUT2D eigenvalue weighted by molar-refractivity contribution is 6.55. The Labute approximate surface area is 186 Å². The lowest BCUT2D eigenvalue weighted by molar-refractivity contribution is -0.149. The third-order valence-electron chi connectivity index (χ3n) is 5.54. The van der Waals surface area contributed by atoms with E-state index in [0.717, 1.165) is 6.42 Å². The van der Waals surface area contributed by atoms with Gasteiger partial charge >= 0.3 is 5.97 Å². The van der Waals surface area contributed by atoms with Crippen LogP contribution < -0.4 is 4.74 Å². The molecule has 0 aromatic heterocycles. The second-order valence-corrected chi connectivity index (χ2v) is 8.24. The Morgan fingerprint density at radius 1 is 1.20 bits per heavy atom. The molecule has 2 aromatic rings. The quantitative estimate of drug-likeness (QED) is 0.455. The summed E-state index contributed by atoms with van der Waals surface area (Å²) in [7, 11) is 0. The van der Waals surface area contributed by atoms with Crippen molar-refractivity contribution in [1.82, 2.24) is 0 Å². The molecule has 0 radical (unpaired) electrons. The Morgan fingerprint density at radius 2 is 1.87 bits per heavy atom. The average molecular weight is 442 g/mol. The van der Waals surface area contributed by atoms with Gasteiger partial charge in [-0.25, -0.2) is 0 Å². The van der Waals surface area contributed by atoms with Crippen molar-refractivity contribution in [2.24, 2.45) is 11.3 Å². The van der Waals surface area contributed by atoms with E-state index in [0.29, 0.717) is 29.1 Å². The Balaban J connectivity index is 2.09. The Hall–Kier alpha value is -2.74. The standard InChI is InChI=1S/C24H21Cl2NO3/c1-16(13-22(25)26)24(23(28)29,18-8-6-9-18)21(15-27)17-7-5-12-20(14-17)30-19-10-3-2-4-11-19/h2-5,7-8,10-14,16,21H,6,9H2,1H3,(H,28,29). The van der Waals surface area contributed by atoms with Gasteiger partial charge in [0.15, 0.2) is 0 Å². The van der Waals surface area contributed by atoms with Gasteiger partial charge in [0.2, 0.25) is 0 Å². The molecular weight excluding hydrogens is 421 g/mol. The predicted octanol–water partition coefficient (Wildman–Crippen LogP) is 6.83. The van der Waals surface area contributed by atoms with Crippen LogP contribution in [0.1, 0.15) is 31.2 Å². The highest BCUT2D eigenvalue weighted by atomic mass is 35.5. The van der Waals surface area contributed by atoms with E-state index in [1.165, 1.54) is 6.08 Å². The smallest absolute Gasteiger partial charge is 0.316 e. The van der Waals surface area contributed by atoms with Gasteiger partial charge in [0, 0.05) is 0 Å². The van der Waals surface area contributed by atoms with Crippen molar-refractivity contribution in [3.63, 3.8) is 0 Å². The maximum absolute atomic E-state index is 12.7. The number of aliphatic carboxylic acids is 1. The van der Waals surface area contributed by atoms with E-state index in [1.807, 2.05) is 36.4 Å². The largest absolute Gasteiger partial charge is 0.481 e. The third kappa shape index (κ3) is 4.23. The summed E-state index contributed by atoms with van der Waals surface area (Å²) in [5.41, 5.74) is -0.200. The number of rotatable bonds is 8. The zero-order valence-corrected chi connectivity index (χ0v) is 17.9. The molecule has 154 valence electrons. The van der Waals surface area contributed by atoms with E-state index in [1.54, 1.807) is 31.2 Å². The molecule has 3 atom stereocenters. The fourth-order valence-corrected chi connectivity index (χ4v) is 4.38. The maximum Gasteiger partial charge on any atom is 0.316 e. The van der Waals surface area contributed by atoms with Gasteiger partial charge in [-0.2, -0.15) is 5.26 Å². The first-order valence-corrected chi connectivity index (χ1v) is 10.3. The lowest BCUT2D eigenvalue weighted by Gasteiger charge is -2.42. The summed E-state index contributed by atoms with van der Waals surface area (Å²) >= 11 is 11.7. The van der Waals surface area contributed by atoms with Crippen LogP contribution in [0.2, 0.25) is 0 Å². The second kappa shape index (κ2) is 9.38. The van der Waals surface area contributed by atoms with E-state index >= 15 is 0 Å². The lowest BCUT2D eigenvalue weighted by Crippen LogP contribution is -2.45. The van der Waals surface area contributed by atoms with Gasteiger partial charge in [-0.1, -0.05) is 72.1 Å². The average Bonchev–Trinajstić information content (AvgIpc) is 2.66. The second-order valence-electron chi connectivity index (χ2n) is 7.24. The van der Waals surface area contributed by atoms with E-state index in [9.17, 15) is 15.2 Å². The normalized spacial score (nSPS) is 16.7. The minimum absolute atomic E-state index is 0.0223. The van der Waals surface area contributed by atoms with Crippen molar-refractivity contribution >= 4 is 29.2 Å². The first kappa shape index (κ1) is 22.0. The maximum atomic E-state index is 12.7. The number of benzene rings is 2. The first-order valence-electron chi connectivity index (χ1n) is 9.57. The van der Waals surface area contributed by atoms with Crippen molar-refractivity contribution in [2.75, 3.05) is 0 Å². The van der Waals surface area contributed by atoms with Gasteiger partial charge in [0.1, 0.15) is 21.4 Å². The molecule has 0 heterocycles. The zero-order chi connectivity index (χ0) is 21.7. The number of nitrogens with zero attached hydrogens (tertiary/aromatic N) is 1. The van der Waals surface area contributed by atoms with Crippen molar-refractivity contribution in [3.05, 3.63) is 82.4 Å². The lowest BCUT2D eigenvalue weighted by atomic mass is 9.58. The van der Waals surface area contributed by atoms with Gasteiger partial charge in [0.05, 0.1) is 12.0 Å². The van der Waals surface area contributed by atoms with Crippen molar-refractivity contribution < 1.29 is 14.6 Å². The van der Waals surface area contributed by atoms with Crippen LogP contribution in [0.4, 0.5) is 0 Å². The highest BCUT2D eigenvalue weighted by Crippen LogP contribution is 2.53. The molecule has 0 fully saturated rings. The molecule has 0 bridgehead atoms. The van der Waals surface area contributed by atoms with Crippen LogP contribution >= 0.6 is 23.2 Å². The van der Waals surface area contributed by atoms with E-state index < -0.39 is 23.2 Å². The number of allylic oxidation sites excluding steroid dienone is 2. The zero-order valence-electron chi connectivity index (χ0n) is 16.4. The van der Waals surface area contributed by atoms with Crippen LogP contribution in [0.15, 0.2) is 76.8 Å². The molecule has 2 aromatic carbocycles. The fraction of sp³-hybridized carbons (Fsp3) is 0.250. The van der Waals surface area contributed by atoms with Crippen LogP contribution in [-0.2, 0) is 4.79 Å². The minimum Gasteiger partial charge on any atom is -0.481 e. The van der Waals surface area contributed by atoms with Gasteiger partial charge in [-0.05, 0) is 54.7 Å². The molecule has 0 aliphatic heterocycles. The number of ether oxygens (including phenoxy) is 1. The first-order chi connectivity index (χ1) is 14.4. The summed E-state index contributed by atoms with van der Waals surface area (Å²) in [6, 6.07) is 18.5. The fourth-order valence-electron chi connectivity index (χ4n) is 4.00. The Kier molecular flexibility index (Phi) is 6.87. The summed E-state index contributed by atoms with van der Waals surface area (Å²) in [6.45, 7) is 1.73. The van der Waals surface area contributed by atoms with E-state index in [-0.39, 0.29) is 4.49 Å². The van der Waals surface area contributed by atoms with Gasteiger partial charge < -0.3 is 9.84 Å². The van der Waals surface area contributed by atoms with Crippen LogP contribution in [0.25, 0.3) is 0 Å². The van der Waals surface area contributed by atoms with E-state index in [4.69, 9.17) is 27.9 Å². The van der Waals surface area contributed by atoms with E-state index in [2.05, 4.69) is 6.07 Å². The molecule has 0 spiro atoms. The van der Waals surface area contributed by atoms with Gasteiger partial charge in [0.25, 0.3) is 0 Å². The molecule has 1 aliphatic rings. The molecule has 6 heteroatoms. The molecule has 0 amide bonds. The molecule has 4 nitrogen and oxygen atoms in total. The predicted molar refractivity (Wildman–Crippen MR) is 118 cm³/mol. The molecule has 30 heavy (non-hydrogen) atoms. The summed E-state index contributed by atoms with van der Waals surface area (Å²) in [4.78, 5) is 12.7. The molecule has 3 unspecified atom stereocenters. The molecule has 0 saturated heterocycles. The van der Waals surface area contributed by atoms with Crippen LogP contribution in [0, 0.1) is 22.7 Å². The minimum atomic E-state index is -1.48. The molecule has 3 rings (SSSR count). The third-order valence-corrected chi connectivity index (χ3v) is 5.79. The van der Waals surface area contributed by atoms with Crippen LogP contribution in [0.5, 0.6) is 11.5 Å². The molecule has 1 N–H and O–H groups in total. The SMILES string of the molecule is CC(C=C(Cl)Cl)C(C(=O)O)(C1=CCC1)C(C#N)c1cccc(Oc2ccccc2)c1. The summed E-state index contributed by atoms with van der Waals surface area (Å²) in [6.07, 6.45) is 4.77. The summed E-state index contributed by atoms with van der Waals surface area (Å²) < 4.78 is 5.86. The Bertz CT molecular complexity index is 1020. The highest BCUT2D eigenvalue weighted by Gasteiger charge is 2.54. The summed E-state index contributed by atoms with van der Waals surface area (Å²) in [5, 5.41) is 20.5. The summed E-state index contributed by atoms with van der Waals surface area (Å²) in [5.74, 6) is -1.46. The molecule has 0 saturated carbocycles. The van der Waals surface area contributed by atoms with Crippen molar-refractivity contribution in [2.45, 2.75) is 25.7 Å². The van der Waals surface area contributed by atoms with Crippen molar-refractivity contribution in [1.29, 1.82) is 5.26 Å². The topological polar surface area (TPSA) is 70.3 Å². The monoisotopic (exact) mass is 441 g/mol. The molecular formula is C24H21Cl2NO3. The number of para-hydroxylation sites is 1. The number of halogens is 2. The van der Waals surface area contributed by atoms with Gasteiger partial charge in [-0.3, -0.25) is 4.79 Å².